The molecule has 114 valence electrons. The van der Waals surface area contributed by atoms with Gasteiger partial charge in [0.2, 0.25) is 5.88 Å². The van der Waals surface area contributed by atoms with Gasteiger partial charge in [-0.25, -0.2) is 4.68 Å². The summed E-state index contributed by atoms with van der Waals surface area (Å²) < 4.78 is 9.55. The fourth-order valence-electron chi connectivity index (χ4n) is 2.17. The van der Waals surface area contributed by atoms with E-state index in [0.717, 1.165) is 17.9 Å². The summed E-state index contributed by atoms with van der Waals surface area (Å²) in [7, 11) is 0. The van der Waals surface area contributed by atoms with Crippen molar-refractivity contribution < 1.29 is 4.74 Å². The number of halogens is 2. The molecule has 0 spiro atoms. The van der Waals surface area contributed by atoms with Gasteiger partial charge < -0.3 is 9.30 Å². The second-order valence-electron chi connectivity index (χ2n) is 4.90. The highest BCUT2D eigenvalue weighted by molar-refractivity contribution is 6.42. The molecule has 0 bridgehead atoms. The van der Waals surface area contributed by atoms with Gasteiger partial charge in [-0.3, -0.25) is 0 Å². The molecule has 4 nitrogen and oxygen atoms in total. The molecule has 6 heteroatoms. The molecule has 2 aromatic heterocycles. The lowest BCUT2D eigenvalue weighted by molar-refractivity contribution is 0.286. The monoisotopic (exact) mass is 335 g/mol. The molecule has 0 fully saturated rings. The maximum absolute atomic E-state index is 6.06. The zero-order valence-electron chi connectivity index (χ0n) is 12.0. The minimum Gasteiger partial charge on any atom is -0.475 e. The molecule has 3 rings (SSSR count). The van der Waals surface area contributed by atoms with Gasteiger partial charge in [0, 0.05) is 24.2 Å². The summed E-state index contributed by atoms with van der Waals surface area (Å²) in [5.74, 6) is 0.593. The fourth-order valence-corrected chi connectivity index (χ4v) is 2.46. The third-order valence-corrected chi connectivity index (χ3v) is 4.02. The summed E-state index contributed by atoms with van der Waals surface area (Å²) >= 11 is 12.0. The van der Waals surface area contributed by atoms with Crippen molar-refractivity contribution in [1.82, 2.24) is 14.3 Å². The molecule has 0 saturated carbocycles. The number of hydrogen-bond donors (Lipinski definition) is 0. The van der Waals surface area contributed by atoms with E-state index in [1.807, 2.05) is 43.6 Å². The number of aryl methyl sites for hydroxylation is 1. The Kier molecular flexibility index (Phi) is 4.41. The minimum atomic E-state index is 0.504. The second-order valence-corrected chi connectivity index (χ2v) is 5.72. The Morgan fingerprint density at radius 1 is 1.09 bits per heavy atom. The fraction of sp³-hybridized carbons (Fsp3) is 0.188. The zero-order chi connectivity index (χ0) is 15.5. The lowest BCUT2D eigenvalue weighted by atomic mass is 10.3. The molecular weight excluding hydrogens is 321 g/mol. The van der Waals surface area contributed by atoms with Gasteiger partial charge in [0.05, 0.1) is 22.3 Å². The van der Waals surface area contributed by atoms with Crippen LogP contribution in [0.4, 0.5) is 0 Å². The van der Waals surface area contributed by atoms with Crippen molar-refractivity contribution in [3.63, 3.8) is 0 Å². The quantitative estimate of drug-likeness (QED) is 0.693. The van der Waals surface area contributed by atoms with Crippen molar-refractivity contribution in [3.05, 3.63) is 64.5 Å². The highest BCUT2D eigenvalue weighted by Crippen LogP contribution is 2.25. The summed E-state index contributed by atoms with van der Waals surface area (Å²) in [5.41, 5.74) is 1.82. The van der Waals surface area contributed by atoms with E-state index in [2.05, 4.69) is 9.67 Å². The van der Waals surface area contributed by atoms with Gasteiger partial charge in [-0.2, -0.15) is 0 Å². The number of nitrogens with zero attached hydrogens (tertiary/aromatic N) is 3. The molecule has 22 heavy (non-hydrogen) atoms. The number of aromatic nitrogens is 3. The van der Waals surface area contributed by atoms with E-state index < -0.39 is 0 Å². The molecule has 2 heterocycles. The van der Waals surface area contributed by atoms with E-state index in [-0.39, 0.29) is 0 Å². The molecule has 0 unspecified atom stereocenters. The molecule has 3 aromatic rings. The molecule has 1 aromatic carbocycles. The van der Waals surface area contributed by atoms with Crippen LogP contribution in [0.2, 0.25) is 10.0 Å². The van der Waals surface area contributed by atoms with Gasteiger partial charge in [0.15, 0.2) is 0 Å². The van der Waals surface area contributed by atoms with Crippen LogP contribution in [0.5, 0.6) is 5.88 Å². The van der Waals surface area contributed by atoms with Crippen LogP contribution in [0, 0.1) is 6.92 Å². The highest BCUT2D eigenvalue weighted by Gasteiger charge is 2.09. The summed E-state index contributed by atoms with van der Waals surface area (Å²) in [6.07, 6.45) is 4.01. The normalized spacial score (nSPS) is 10.9. The van der Waals surface area contributed by atoms with Crippen LogP contribution in [0.1, 0.15) is 5.69 Å². The Hall–Kier alpha value is -1.91. The van der Waals surface area contributed by atoms with E-state index in [4.69, 9.17) is 27.9 Å². The van der Waals surface area contributed by atoms with Gasteiger partial charge in [0.1, 0.15) is 6.61 Å². The van der Waals surface area contributed by atoms with Crippen LogP contribution >= 0.6 is 23.2 Å². The smallest absolute Gasteiger partial charge is 0.233 e. The molecule has 0 aliphatic rings. The number of ether oxygens (including phenoxy) is 1. The Labute approximate surface area is 138 Å². The molecule has 0 aliphatic carbocycles. The molecule has 0 atom stereocenters. The van der Waals surface area contributed by atoms with Crippen LogP contribution in [-0.2, 0) is 6.54 Å². The topological polar surface area (TPSA) is 32.0 Å². The first-order valence-electron chi connectivity index (χ1n) is 6.89. The van der Waals surface area contributed by atoms with E-state index in [9.17, 15) is 0 Å². The first kappa shape index (κ1) is 15.0. The van der Waals surface area contributed by atoms with Gasteiger partial charge >= 0.3 is 0 Å². The zero-order valence-corrected chi connectivity index (χ0v) is 13.6. The van der Waals surface area contributed by atoms with E-state index in [1.165, 1.54) is 0 Å². The van der Waals surface area contributed by atoms with Crippen molar-refractivity contribution >= 4 is 23.2 Å². The number of hydrogen-bond acceptors (Lipinski definition) is 2. The van der Waals surface area contributed by atoms with Crippen LogP contribution in [0.15, 0.2) is 48.8 Å². The maximum atomic E-state index is 6.06. The van der Waals surface area contributed by atoms with Crippen LogP contribution in [-0.4, -0.2) is 21.0 Å². The molecule has 0 radical (unpaired) electrons. The highest BCUT2D eigenvalue weighted by atomic mass is 35.5. The summed E-state index contributed by atoms with van der Waals surface area (Å²) in [6, 6.07) is 11.3. The van der Waals surface area contributed by atoms with Crippen molar-refractivity contribution in [2.24, 2.45) is 0 Å². The van der Waals surface area contributed by atoms with E-state index in [1.54, 1.807) is 16.8 Å². The maximum Gasteiger partial charge on any atom is 0.233 e. The second kappa shape index (κ2) is 6.46. The van der Waals surface area contributed by atoms with E-state index >= 15 is 0 Å². The lowest BCUT2D eigenvalue weighted by Crippen LogP contribution is -2.07. The Morgan fingerprint density at radius 3 is 2.59 bits per heavy atom. The molecule has 0 saturated heterocycles. The number of rotatable bonds is 5. The Bertz CT molecular complexity index is 766. The third-order valence-electron chi connectivity index (χ3n) is 3.28. The standard InChI is InChI=1S/C16H15Cl2N3O/c1-12-10-16(22-9-8-20-6-2-3-7-20)19-21(12)13-4-5-14(17)15(18)11-13/h2-7,10-11H,8-9H2,1H3. The predicted molar refractivity (Wildman–Crippen MR) is 88.2 cm³/mol. The van der Waals surface area contributed by atoms with Gasteiger partial charge in [-0.1, -0.05) is 23.2 Å². The SMILES string of the molecule is Cc1cc(OCCn2cccc2)nn1-c1ccc(Cl)c(Cl)c1. The average molecular weight is 336 g/mol. The van der Waals surface area contributed by atoms with Crippen LogP contribution in [0.3, 0.4) is 0 Å². The summed E-state index contributed by atoms with van der Waals surface area (Å²) in [5, 5.41) is 5.48. The first-order chi connectivity index (χ1) is 10.6. The summed E-state index contributed by atoms with van der Waals surface area (Å²) in [6.45, 7) is 3.31. The molecule has 0 N–H and O–H groups in total. The van der Waals surface area contributed by atoms with Crippen molar-refractivity contribution in [2.45, 2.75) is 13.5 Å². The van der Waals surface area contributed by atoms with E-state index in [0.29, 0.717) is 22.5 Å². The minimum absolute atomic E-state index is 0.504. The number of benzene rings is 1. The van der Waals surface area contributed by atoms with Crippen molar-refractivity contribution in [1.29, 1.82) is 0 Å². The summed E-state index contributed by atoms with van der Waals surface area (Å²) in [4.78, 5) is 0. The Morgan fingerprint density at radius 2 is 1.86 bits per heavy atom. The van der Waals surface area contributed by atoms with Crippen molar-refractivity contribution in [3.8, 4) is 11.6 Å². The van der Waals surface area contributed by atoms with Gasteiger partial charge in [-0.15, -0.1) is 5.10 Å². The predicted octanol–water partition coefficient (Wildman–Crippen LogP) is 4.37. The Balaban J connectivity index is 1.71. The third kappa shape index (κ3) is 3.29. The van der Waals surface area contributed by atoms with Crippen molar-refractivity contribution in [2.75, 3.05) is 6.61 Å². The average Bonchev–Trinajstić information content (AvgIpc) is 3.12. The van der Waals surface area contributed by atoms with Crippen LogP contribution in [0.25, 0.3) is 5.69 Å². The van der Waals surface area contributed by atoms with Gasteiger partial charge in [0.25, 0.3) is 0 Å². The lowest BCUT2D eigenvalue weighted by Gasteiger charge is -2.06. The largest absolute Gasteiger partial charge is 0.475 e. The van der Waals surface area contributed by atoms with Gasteiger partial charge in [-0.05, 0) is 37.3 Å². The van der Waals surface area contributed by atoms with Crippen LogP contribution < -0.4 is 4.74 Å². The molecule has 0 amide bonds. The first-order valence-corrected chi connectivity index (χ1v) is 7.65. The molecule has 0 aliphatic heterocycles. The molecular formula is C16H15Cl2N3O.